The van der Waals surface area contributed by atoms with Crippen LogP contribution in [-0.2, 0) is 11.3 Å². The Morgan fingerprint density at radius 2 is 1.95 bits per heavy atom. The van der Waals surface area contributed by atoms with Gasteiger partial charge in [-0.3, -0.25) is 0 Å². The molecular weight excluding hydrogens is 269 g/mol. The Labute approximate surface area is 117 Å². The van der Waals surface area contributed by atoms with Gasteiger partial charge in [0.2, 0.25) is 0 Å². The molecule has 1 aromatic carbocycles. The number of hydrogen-bond donors (Lipinski definition) is 1. The fourth-order valence-electron chi connectivity index (χ4n) is 1.95. The minimum absolute atomic E-state index is 0.314. The highest BCUT2D eigenvalue weighted by Crippen LogP contribution is 2.25. The molecule has 0 aliphatic heterocycles. The molecule has 1 rings (SSSR count). The molecule has 0 atom stereocenters. The minimum atomic E-state index is -4.20. The first-order valence-electron chi connectivity index (χ1n) is 6.57. The van der Waals surface area contributed by atoms with Gasteiger partial charge in [-0.05, 0) is 18.6 Å². The van der Waals surface area contributed by atoms with E-state index < -0.39 is 12.7 Å². The number of rotatable bonds is 8. The summed E-state index contributed by atoms with van der Waals surface area (Å²) >= 11 is 0. The van der Waals surface area contributed by atoms with Crippen LogP contribution in [0.5, 0.6) is 0 Å². The highest BCUT2D eigenvalue weighted by atomic mass is 19.4. The van der Waals surface area contributed by atoms with E-state index in [-0.39, 0.29) is 0 Å². The summed E-state index contributed by atoms with van der Waals surface area (Å²) in [6.07, 6.45) is -4.20. The summed E-state index contributed by atoms with van der Waals surface area (Å²) in [5.41, 5.74) is 1.48. The number of nitrogens with zero attached hydrogens (tertiary/aromatic N) is 1. The quantitative estimate of drug-likeness (QED) is 0.745. The average Bonchev–Trinajstić information content (AvgIpc) is 2.40. The molecule has 20 heavy (non-hydrogen) atoms. The molecule has 0 heterocycles. The maximum atomic E-state index is 12.6. The second kappa shape index (κ2) is 8.11. The first kappa shape index (κ1) is 16.8. The zero-order valence-corrected chi connectivity index (χ0v) is 11.8. The maximum absolute atomic E-state index is 12.6. The summed E-state index contributed by atoms with van der Waals surface area (Å²) in [5.74, 6) is 0. The molecule has 0 bridgehead atoms. The minimum Gasteiger partial charge on any atom is -0.383 e. The van der Waals surface area contributed by atoms with Gasteiger partial charge < -0.3 is 15.0 Å². The highest BCUT2D eigenvalue weighted by molar-refractivity contribution is 5.53. The van der Waals surface area contributed by atoms with Crippen molar-refractivity contribution in [2.45, 2.75) is 19.6 Å². The van der Waals surface area contributed by atoms with Gasteiger partial charge in [-0.15, -0.1) is 0 Å². The summed E-state index contributed by atoms with van der Waals surface area (Å²) in [7, 11) is 1.61. The van der Waals surface area contributed by atoms with Crippen LogP contribution in [0.25, 0.3) is 0 Å². The number of nitrogens with one attached hydrogen (secondary N) is 1. The summed E-state index contributed by atoms with van der Waals surface area (Å²) in [6.45, 7) is 2.86. The molecule has 1 N–H and O–H groups in total. The number of para-hydroxylation sites is 1. The van der Waals surface area contributed by atoms with Crippen LogP contribution < -0.4 is 10.2 Å². The SMILES string of the molecule is CCN(CC(F)(F)F)c1ccccc1CNCCOC. The molecule has 0 fully saturated rings. The molecular formula is C14H21F3N2O. The summed E-state index contributed by atoms with van der Waals surface area (Å²) < 4.78 is 42.7. The van der Waals surface area contributed by atoms with Crippen molar-refractivity contribution in [2.75, 3.05) is 38.3 Å². The van der Waals surface area contributed by atoms with Crippen LogP contribution in [0.3, 0.4) is 0 Å². The molecule has 6 heteroatoms. The molecule has 1 aromatic rings. The van der Waals surface area contributed by atoms with Crippen LogP contribution >= 0.6 is 0 Å². The number of hydrogen-bond acceptors (Lipinski definition) is 3. The maximum Gasteiger partial charge on any atom is 0.405 e. The van der Waals surface area contributed by atoms with Gasteiger partial charge >= 0.3 is 6.18 Å². The van der Waals surface area contributed by atoms with Crippen molar-refractivity contribution in [3.8, 4) is 0 Å². The van der Waals surface area contributed by atoms with Crippen molar-refractivity contribution in [3.05, 3.63) is 29.8 Å². The summed E-state index contributed by atoms with van der Waals surface area (Å²) in [5, 5.41) is 3.15. The van der Waals surface area contributed by atoms with Crippen molar-refractivity contribution in [1.82, 2.24) is 5.32 Å². The number of halogens is 3. The smallest absolute Gasteiger partial charge is 0.383 e. The van der Waals surface area contributed by atoms with E-state index in [1.807, 2.05) is 12.1 Å². The Kier molecular flexibility index (Phi) is 6.81. The molecule has 3 nitrogen and oxygen atoms in total. The van der Waals surface area contributed by atoms with E-state index in [9.17, 15) is 13.2 Å². The predicted molar refractivity (Wildman–Crippen MR) is 74.0 cm³/mol. The van der Waals surface area contributed by atoms with Crippen molar-refractivity contribution in [1.29, 1.82) is 0 Å². The molecule has 0 amide bonds. The van der Waals surface area contributed by atoms with E-state index in [2.05, 4.69) is 5.32 Å². The van der Waals surface area contributed by atoms with Gasteiger partial charge in [0, 0.05) is 32.4 Å². The van der Waals surface area contributed by atoms with Gasteiger partial charge in [0.1, 0.15) is 6.54 Å². The van der Waals surface area contributed by atoms with Crippen LogP contribution in [0, 0.1) is 0 Å². The fourth-order valence-corrected chi connectivity index (χ4v) is 1.95. The third kappa shape index (κ3) is 5.79. The van der Waals surface area contributed by atoms with Crippen molar-refractivity contribution < 1.29 is 17.9 Å². The Balaban J connectivity index is 2.76. The Hall–Kier alpha value is -1.27. The molecule has 0 aliphatic rings. The van der Waals surface area contributed by atoms with E-state index in [0.717, 1.165) is 5.56 Å². The van der Waals surface area contributed by atoms with Crippen LogP contribution in [-0.4, -0.2) is 39.5 Å². The number of ether oxygens (including phenoxy) is 1. The molecule has 0 unspecified atom stereocenters. The molecule has 114 valence electrons. The second-order valence-corrected chi connectivity index (χ2v) is 4.43. The number of anilines is 1. The van der Waals surface area contributed by atoms with Gasteiger partial charge in [-0.2, -0.15) is 13.2 Å². The molecule has 0 spiro atoms. The van der Waals surface area contributed by atoms with Crippen LogP contribution in [0.4, 0.5) is 18.9 Å². The molecule has 0 saturated heterocycles. The Bertz CT molecular complexity index is 396. The standard InChI is InChI=1S/C14H21F3N2O/c1-3-19(11-14(15,16)17)13-7-5-4-6-12(13)10-18-8-9-20-2/h4-7,18H,3,8-11H2,1-2H3. The van der Waals surface area contributed by atoms with Crippen LogP contribution in [0.15, 0.2) is 24.3 Å². The van der Waals surface area contributed by atoms with Crippen molar-refractivity contribution >= 4 is 5.69 Å². The van der Waals surface area contributed by atoms with Gasteiger partial charge in [0.05, 0.1) is 6.61 Å². The van der Waals surface area contributed by atoms with Crippen LogP contribution in [0.1, 0.15) is 12.5 Å². The number of alkyl halides is 3. The highest BCUT2D eigenvalue weighted by Gasteiger charge is 2.30. The molecule has 0 saturated carbocycles. The predicted octanol–water partition coefficient (Wildman–Crippen LogP) is 2.81. The van der Waals surface area contributed by atoms with E-state index >= 15 is 0 Å². The van der Waals surface area contributed by atoms with Gasteiger partial charge in [-0.1, -0.05) is 18.2 Å². The second-order valence-electron chi connectivity index (χ2n) is 4.43. The van der Waals surface area contributed by atoms with Gasteiger partial charge in [0.25, 0.3) is 0 Å². The van der Waals surface area contributed by atoms with E-state index in [4.69, 9.17) is 4.74 Å². The zero-order chi connectivity index (χ0) is 15.0. The molecule has 0 radical (unpaired) electrons. The van der Waals surface area contributed by atoms with Crippen molar-refractivity contribution in [3.63, 3.8) is 0 Å². The monoisotopic (exact) mass is 290 g/mol. The summed E-state index contributed by atoms with van der Waals surface area (Å²) in [6, 6.07) is 7.15. The molecule has 0 aromatic heterocycles. The van der Waals surface area contributed by atoms with E-state index in [1.165, 1.54) is 4.90 Å². The molecule has 0 aliphatic carbocycles. The lowest BCUT2D eigenvalue weighted by Gasteiger charge is -2.26. The fraction of sp³-hybridized carbons (Fsp3) is 0.571. The normalized spacial score (nSPS) is 11.7. The third-order valence-corrected chi connectivity index (χ3v) is 2.88. The third-order valence-electron chi connectivity index (χ3n) is 2.88. The van der Waals surface area contributed by atoms with E-state index in [0.29, 0.717) is 31.9 Å². The van der Waals surface area contributed by atoms with Gasteiger partial charge in [-0.25, -0.2) is 0 Å². The topological polar surface area (TPSA) is 24.5 Å². The Morgan fingerprint density at radius 1 is 1.25 bits per heavy atom. The zero-order valence-electron chi connectivity index (χ0n) is 11.8. The lowest BCUT2D eigenvalue weighted by Crippen LogP contribution is -2.35. The van der Waals surface area contributed by atoms with E-state index in [1.54, 1.807) is 26.2 Å². The number of methoxy groups -OCH3 is 1. The largest absolute Gasteiger partial charge is 0.405 e. The lowest BCUT2D eigenvalue weighted by molar-refractivity contribution is -0.119. The van der Waals surface area contributed by atoms with Crippen LogP contribution in [0.2, 0.25) is 0 Å². The first-order valence-corrected chi connectivity index (χ1v) is 6.57. The Morgan fingerprint density at radius 3 is 2.55 bits per heavy atom. The van der Waals surface area contributed by atoms with Crippen molar-refractivity contribution in [2.24, 2.45) is 0 Å². The summed E-state index contributed by atoms with van der Waals surface area (Å²) in [4.78, 5) is 1.34. The number of benzene rings is 1. The average molecular weight is 290 g/mol. The lowest BCUT2D eigenvalue weighted by atomic mass is 10.1. The van der Waals surface area contributed by atoms with Gasteiger partial charge in [0.15, 0.2) is 0 Å². The first-order chi connectivity index (χ1) is 9.48.